The summed E-state index contributed by atoms with van der Waals surface area (Å²) >= 11 is 0. The number of ether oxygens (including phenoxy) is 1. The summed E-state index contributed by atoms with van der Waals surface area (Å²) in [4.78, 5) is 33.5. The highest BCUT2D eigenvalue weighted by Crippen LogP contribution is 2.26. The van der Waals surface area contributed by atoms with E-state index in [0.717, 1.165) is 6.42 Å². The van der Waals surface area contributed by atoms with E-state index in [0.29, 0.717) is 5.92 Å². The molecule has 1 atom stereocenters. The molecule has 0 saturated heterocycles. The molecule has 0 radical (unpaired) electrons. The number of carbonyl (C=O) groups excluding carboxylic acids is 2. The van der Waals surface area contributed by atoms with Crippen molar-refractivity contribution in [3.05, 3.63) is 0 Å². The maximum absolute atomic E-state index is 11.7. The standard InChI is InChI=1S/C14H22O5/c1-10(15)12(9-13(16)17)14(18)19-8-7-11-5-3-2-4-6-11/h11-12H,2-9H2,1H3,(H,16,17). The molecule has 0 bridgehead atoms. The minimum absolute atomic E-state index is 0.285. The predicted octanol–water partition coefficient (Wildman–Crippen LogP) is 2.18. The fraction of sp³-hybridized carbons (Fsp3) is 0.786. The Morgan fingerprint density at radius 2 is 1.84 bits per heavy atom. The molecule has 1 rings (SSSR count). The number of carboxylic acids is 1. The monoisotopic (exact) mass is 270 g/mol. The maximum atomic E-state index is 11.7. The first kappa shape index (κ1) is 15.7. The van der Waals surface area contributed by atoms with E-state index in [-0.39, 0.29) is 6.61 Å². The van der Waals surface area contributed by atoms with Gasteiger partial charge in [0.1, 0.15) is 11.7 Å². The molecular weight excluding hydrogens is 248 g/mol. The first-order chi connectivity index (χ1) is 9.00. The van der Waals surface area contributed by atoms with Crippen LogP contribution in [0.2, 0.25) is 0 Å². The van der Waals surface area contributed by atoms with E-state index in [9.17, 15) is 14.4 Å². The molecule has 19 heavy (non-hydrogen) atoms. The summed E-state index contributed by atoms with van der Waals surface area (Å²) in [5.74, 6) is -2.89. The van der Waals surface area contributed by atoms with Crippen molar-refractivity contribution in [3.8, 4) is 0 Å². The summed E-state index contributed by atoms with van der Waals surface area (Å²) in [5, 5.41) is 8.65. The highest BCUT2D eigenvalue weighted by atomic mass is 16.5. The normalized spacial score (nSPS) is 17.7. The average Bonchev–Trinajstić information content (AvgIpc) is 2.36. The average molecular weight is 270 g/mol. The molecule has 0 spiro atoms. The summed E-state index contributed by atoms with van der Waals surface area (Å²) in [6.45, 7) is 1.50. The molecule has 1 aliphatic carbocycles. The Labute approximate surface area is 113 Å². The highest BCUT2D eigenvalue weighted by molar-refractivity contribution is 6.00. The van der Waals surface area contributed by atoms with Crippen LogP contribution in [0.4, 0.5) is 0 Å². The summed E-state index contributed by atoms with van der Waals surface area (Å²) in [6.07, 6.45) is 6.40. The Kier molecular flexibility index (Phi) is 6.53. The molecule has 1 unspecified atom stereocenters. The number of aliphatic carboxylic acids is 1. The quantitative estimate of drug-likeness (QED) is 0.566. The molecule has 5 nitrogen and oxygen atoms in total. The van der Waals surface area contributed by atoms with Crippen LogP contribution in [0, 0.1) is 11.8 Å². The van der Waals surface area contributed by atoms with Gasteiger partial charge < -0.3 is 9.84 Å². The second-order valence-corrected chi connectivity index (χ2v) is 5.22. The van der Waals surface area contributed by atoms with E-state index in [4.69, 9.17) is 9.84 Å². The predicted molar refractivity (Wildman–Crippen MR) is 68.6 cm³/mol. The lowest BCUT2D eigenvalue weighted by molar-refractivity contribution is -0.156. The zero-order chi connectivity index (χ0) is 14.3. The number of hydrogen-bond donors (Lipinski definition) is 1. The van der Waals surface area contributed by atoms with Crippen molar-refractivity contribution in [1.82, 2.24) is 0 Å². The molecule has 0 aromatic carbocycles. The number of carbonyl (C=O) groups is 3. The molecule has 1 N–H and O–H groups in total. The van der Waals surface area contributed by atoms with Gasteiger partial charge in [0.15, 0.2) is 0 Å². The van der Waals surface area contributed by atoms with Crippen molar-refractivity contribution in [2.24, 2.45) is 11.8 Å². The Balaban J connectivity index is 2.31. The number of carboxylic acid groups (broad SMARTS) is 1. The number of ketones is 1. The van der Waals surface area contributed by atoms with Gasteiger partial charge in [-0.05, 0) is 19.3 Å². The van der Waals surface area contributed by atoms with Crippen molar-refractivity contribution in [3.63, 3.8) is 0 Å². The molecule has 0 aromatic heterocycles. The van der Waals surface area contributed by atoms with Crippen LogP contribution >= 0.6 is 0 Å². The zero-order valence-electron chi connectivity index (χ0n) is 11.4. The number of rotatable bonds is 7. The topological polar surface area (TPSA) is 80.7 Å². The molecule has 108 valence electrons. The molecule has 1 aliphatic rings. The summed E-state index contributed by atoms with van der Waals surface area (Å²) in [6, 6.07) is 0. The van der Waals surface area contributed by atoms with Gasteiger partial charge in [-0.25, -0.2) is 0 Å². The van der Waals surface area contributed by atoms with Crippen LogP contribution < -0.4 is 0 Å². The third-order valence-corrected chi connectivity index (χ3v) is 3.65. The fourth-order valence-electron chi connectivity index (χ4n) is 2.47. The van der Waals surface area contributed by atoms with Crippen LogP contribution in [0.5, 0.6) is 0 Å². The summed E-state index contributed by atoms with van der Waals surface area (Å²) in [7, 11) is 0. The Morgan fingerprint density at radius 1 is 1.21 bits per heavy atom. The van der Waals surface area contributed by atoms with E-state index >= 15 is 0 Å². The van der Waals surface area contributed by atoms with Gasteiger partial charge in [0.25, 0.3) is 0 Å². The van der Waals surface area contributed by atoms with Crippen LogP contribution in [0.1, 0.15) is 51.9 Å². The summed E-state index contributed by atoms with van der Waals surface area (Å²) in [5.41, 5.74) is 0. The third kappa shape index (κ3) is 5.85. The van der Waals surface area contributed by atoms with Gasteiger partial charge in [0.2, 0.25) is 0 Å². The van der Waals surface area contributed by atoms with E-state index in [1.807, 2.05) is 0 Å². The van der Waals surface area contributed by atoms with Crippen LogP contribution in [0.25, 0.3) is 0 Å². The molecule has 0 heterocycles. The minimum Gasteiger partial charge on any atom is -0.481 e. The van der Waals surface area contributed by atoms with Crippen molar-refractivity contribution in [1.29, 1.82) is 0 Å². The number of hydrogen-bond acceptors (Lipinski definition) is 4. The van der Waals surface area contributed by atoms with Gasteiger partial charge >= 0.3 is 11.9 Å². The second-order valence-electron chi connectivity index (χ2n) is 5.22. The van der Waals surface area contributed by atoms with Crippen molar-refractivity contribution in [2.45, 2.75) is 51.9 Å². The lowest BCUT2D eigenvalue weighted by Crippen LogP contribution is -2.27. The van der Waals surface area contributed by atoms with Gasteiger partial charge in [-0.15, -0.1) is 0 Å². The summed E-state index contributed by atoms with van der Waals surface area (Å²) < 4.78 is 5.05. The van der Waals surface area contributed by atoms with Crippen LogP contribution in [0.3, 0.4) is 0 Å². The molecule has 0 amide bonds. The molecular formula is C14H22O5. The maximum Gasteiger partial charge on any atom is 0.317 e. The fourth-order valence-corrected chi connectivity index (χ4v) is 2.47. The Bertz CT molecular complexity index is 331. The first-order valence-corrected chi connectivity index (χ1v) is 6.89. The van der Waals surface area contributed by atoms with Gasteiger partial charge in [-0.2, -0.15) is 0 Å². The largest absolute Gasteiger partial charge is 0.481 e. The molecule has 0 aliphatic heterocycles. The first-order valence-electron chi connectivity index (χ1n) is 6.89. The lowest BCUT2D eigenvalue weighted by atomic mass is 9.87. The van der Waals surface area contributed by atoms with E-state index in [1.165, 1.54) is 39.0 Å². The van der Waals surface area contributed by atoms with E-state index < -0.39 is 30.1 Å². The highest BCUT2D eigenvalue weighted by Gasteiger charge is 2.27. The van der Waals surface area contributed by atoms with Gasteiger partial charge in [0.05, 0.1) is 13.0 Å². The van der Waals surface area contributed by atoms with Crippen molar-refractivity contribution >= 4 is 17.7 Å². The van der Waals surface area contributed by atoms with E-state index in [2.05, 4.69) is 0 Å². The smallest absolute Gasteiger partial charge is 0.317 e. The van der Waals surface area contributed by atoms with Gasteiger partial charge in [0, 0.05) is 0 Å². The van der Waals surface area contributed by atoms with Crippen LogP contribution in [-0.2, 0) is 19.1 Å². The second kappa shape index (κ2) is 7.92. The third-order valence-electron chi connectivity index (χ3n) is 3.65. The van der Waals surface area contributed by atoms with E-state index in [1.54, 1.807) is 0 Å². The Hall–Kier alpha value is -1.39. The zero-order valence-corrected chi connectivity index (χ0v) is 11.4. The number of Topliss-reactive ketones (excluding diaryl/α,β-unsaturated/α-hetero) is 1. The Morgan fingerprint density at radius 3 is 2.37 bits per heavy atom. The SMILES string of the molecule is CC(=O)C(CC(=O)O)C(=O)OCCC1CCCCC1. The lowest BCUT2D eigenvalue weighted by Gasteiger charge is -2.21. The molecule has 1 fully saturated rings. The van der Waals surface area contributed by atoms with Gasteiger partial charge in [-0.1, -0.05) is 32.1 Å². The van der Waals surface area contributed by atoms with Crippen LogP contribution in [0.15, 0.2) is 0 Å². The van der Waals surface area contributed by atoms with Gasteiger partial charge in [-0.3, -0.25) is 14.4 Å². The molecule has 1 saturated carbocycles. The minimum atomic E-state index is -1.16. The van der Waals surface area contributed by atoms with Crippen molar-refractivity contribution in [2.75, 3.05) is 6.61 Å². The molecule has 5 heteroatoms. The van der Waals surface area contributed by atoms with Crippen molar-refractivity contribution < 1.29 is 24.2 Å². The van der Waals surface area contributed by atoms with Crippen LogP contribution in [-0.4, -0.2) is 29.4 Å². The molecule has 0 aromatic rings. The number of esters is 1.